The van der Waals surface area contributed by atoms with Gasteiger partial charge in [0, 0.05) is 23.5 Å². The second-order valence-corrected chi connectivity index (χ2v) is 6.92. The van der Waals surface area contributed by atoms with Gasteiger partial charge in [0.15, 0.2) is 0 Å². The molecule has 2 N–H and O–H groups in total. The molecular formula is C22H22ClN3O. The van der Waals surface area contributed by atoms with Gasteiger partial charge in [-0.25, -0.2) is 0 Å². The van der Waals surface area contributed by atoms with Gasteiger partial charge < -0.3 is 10.6 Å². The normalized spacial score (nSPS) is 10.5. The van der Waals surface area contributed by atoms with E-state index >= 15 is 0 Å². The summed E-state index contributed by atoms with van der Waals surface area (Å²) in [7, 11) is 0. The zero-order valence-electron chi connectivity index (χ0n) is 15.4. The van der Waals surface area contributed by atoms with Crippen LogP contribution >= 0.6 is 11.6 Å². The lowest BCUT2D eigenvalue weighted by atomic mass is 10.1. The fourth-order valence-corrected chi connectivity index (χ4v) is 2.99. The van der Waals surface area contributed by atoms with E-state index in [4.69, 9.17) is 11.6 Å². The number of rotatable bonds is 6. The minimum Gasteiger partial charge on any atom is -0.354 e. The van der Waals surface area contributed by atoms with Crippen molar-refractivity contribution in [3.8, 4) is 0 Å². The number of halogens is 1. The average molecular weight is 380 g/mol. The summed E-state index contributed by atoms with van der Waals surface area (Å²) in [6.07, 6.45) is 4.04. The first kappa shape index (κ1) is 18.9. The molecule has 5 heteroatoms. The Morgan fingerprint density at radius 1 is 1.04 bits per heavy atom. The van der Waals surface area contributed by atoms with Crippen molar-refractivity contribution < 1.29 is 4.79 Å². The SMILES string of the molecule is Cc1cccc(C)c1Nc1cncc(C(=O)NCCc2ccc(Cl)cc2)c1. The number of para-hydroxylation sites is 1. The molecule has 1 amide bonds. The van der Waals surface area contributed by atoms with Crippen molar-refractivity contribution in [2.75, 3.05) is 11.9 Å². The Bertz CT molecular complexity index is 918. The van der Waals surface area contributed by atoms with Gasteiger partial charge in [-0.15, -0.1) is 0 Å². The number of hydrogen-bond acceptors (Lipinski definition) is 3. The molecule has 0 aliphatic carbocycles. The molecule has 27 heavy (non-hydrogen) atoms. The summed E-state index contributed by atoms with van der Waals surface area (Å²) >= 11 is 5.89. The molecule has 0 spiro atoms. The van der Waals surface area contributed by atoms with E-state index in [1.165, 1.54) is 0 Å². The van der Waals surface area contributed by atoms with E-state index in [9.17, 15) is 4.79 Å². The molecule has 138 valence electrons. The number of benzene rings is 2. The minimum atomic E-state index is -0.137. The lowest BCUT2D eigenvalue weighted by molar-refractivity contribution is 0.0954. The van der Waals surface area contributed by atoms with Crippen molar-refractivity contribution in [3.63, 3.8) is 0 Å². The highest BCUT2D eigenvalue weighted by Crippen LogP contribution is 2.24. The van der Waals surface area contributed by atoms with Crippen LogP contribution in [0.3, 0.4) is 0 Å². The number of pyridine rings is 1. The summed E-state index contributed by atoms with van der Waals surface area (Å²) in [6.45, 7) is 4.65. The van der Waals surface area contributed by atoms with Crippen LogP contribution in [0.2, 0.25) is 5.02 Å². The summed E-state index contributed by atoms with van der Waals surface area (Å²) < 4.78 is 0. The molecule has 2 aromatic carbocycles. The van der Waals surface area contributed by atoms with Gasteiger partial charge in [0.25, 0.3) is 5.91 Å². The van der Waals surface area contributed by atoms with Crippen LogP contribution in [0.5, 0.6) is 0 Å². The van der Waals surface area contributed by atoms with Crippen molar-refractivity contribution in [1.82, 2.24) is 10.3 Å². The molecule has 0 atom stereocenters. The first-order valence-corrected chi connectivity index (χ1v) is 9.21. The van der Waals surface area contributed by atoms with Gasteiger partial charge in [-0.1, -0.05) is 41.9 Å². The van der Waals surface area contributed by atoms with Crippen LogP contribution in [0.1, 0.15) is 27.0 Å². The number of carbonyl (C=O) groups excluding carboxylic acids is 1. The van der Waals surface area contributed by atoms with Crippen molar-refractivity contribution in [2.45, 2.75) is 20.3 Å². The fraction of sp³-hybridized carbons (Fsp3) is 0.182. The smallest absolute Gasteiger partial charge is 0.252 e. The fourth-order valence-electron chi connectivity index (χ4n) is 2.86. The molecule has 0 unspecified atom stereocenters. The Morgan fingerprint density at radius 3 is 2.44 bits per heavy atom. The molecule has 0 aliphatic rings. The van der Waals surface area contributed by atoms with E-state index in [1.807, 2.05) is 36.4 Å². The summed E-state index contributed by atoms with van der Waals surface area (Å²) in [5.41, 5.74) is 5.78. The van der Waals surface area contributed by atoms with Gasteiger partial charge in [0.1, 0.15) is 0 Å². The number of amides is 1. The van der Waals surface area contributed by atoms with Crippen LogP contribution in [0, 0.1) is 13.8 Å². The molecule has 0 saturated heterocycles. The Morgan fingerprint density at radius 2 is 1.74 bits per heavy atom. The standard InChI is InChI=1S/C22H22ClN3O/c1-15-4-3-5-16(2)21(15)26-20-12-18(13-24-14-20)22(27)25-11-10-17-6-8-19(23)9-7-17/h3-9,12-14,26H,10-11H2,1-2H3,(H,25,27). The number of nitrogens with zero attached hydrogens (tertiary/aromatic N) is 1. The third-order valence-electron chi connectivity index (χ3n) is 4.36. The van der Waals surface area contributed by atoms with Crippen LogP contribution in [0.15, 0.2) is 60.9 Å². The van der Waals surface area contributed by atoms with E-state index in [0.29, 0.717) is 17.1 Å². The molecule has 0 aliphatic heterocycles. The third-order valence-corrected chi connectivity index (χ3v) is 4.62. The lowest BCUT2D eigenvalue weighted by Crippen LogP contribution is -2.25. The number of carbonyl (C=O) groups is 1. The topological polar surface area (TPSA) is 54.0 Å². The molecule has 0 radical (unpaired) electrons. The molecule has 1 aromatic heterocycles. The first-order valence-electron chi connectivity index (χ1n) is 8.84. The predicted octanol–water partition coefficient (Wildman–Crippen LogP) is 5.07. The molecule has 0 bridgehead atoms. The Labute approximate surface area is 164 Å². The number of aryl methyl sites for hydroxylation is 2. The highest BCUT2D eigenvalue weighted by Gasteiger charge is 2.08. The van der Waals surface area contributed by atoms with Gasteiger partial charge >= 0.3 is 0 Å². The molecule has 0 fully saturated rings. The van der Waals surface area contributed by atoms with Crippen LogP contribution in [-0.2, 0) is 6.42 Å². The van der Waals surface area contributed by atoms with Gasteiger partial charge in [0.05, 0.1) is 17.4 Å². The summed E-state index contributed by atoms with van der Waals surface area (Å²) in [4.78, 5) is 16.6. The lowest BCUT2D eigenvalue weighted by Gasteiger charge is -2.13. The van der Waals surface area contributed by atoms with E-state index < -0.39 is 0 Å². The van der Waals surface area contributed by atoms with Gasteiger partial charge in [0.2, 0.25) is 0 Å². The maximum absolute atomic E-state index is 12.4. The zero-order chi connectivity index (χ0) is 19.2. The maximum Gasteiger partial charge on any atom is 0.252 e. The number of anilines is 2. The molecule has 3 rings (SSSR count). The maximum atomic E-state index is 12.4. The predicted molar refractivity (Wildman–Crippen MR) is 111 cm³/mol. The van der Waals surface area contributed by atoms with E-state index in [1.54, 1.807) is 12.4 Å². The second kappa shape index (κ2) is 8.69. The number of nitrogens with one attached hydrogen (secondary N) is 2. The molecule has 0 saturated carbocycles. The van der Waals surface area contributed by atoms with Crippen LogP contribution < -0.4 is 10.6 Å². The van der Waals surface area contributed by atoms with Gasteiger partial charge in [-0.2, -0.15) is 0 Å². The van der Waals surface area contributed by atoms with Crippen molar-refractivity contribution in [3.05, 3.63) is 88.2 Å². The highest BCUT2D eigenvalue weighted by atomic mass is 35.5. The Balaban J connectivity index is 1.62. The molecule has 3 aromatic rings. The zero-order valence-corrected chi connectivity index (χ0v) is 16.2. The quantitative estimate of drug-likeness (QED) is 0.628. The summed E-state index contributed by atoms with van der Waals surface area (Å²) in [5, 5.41) is 7.01. The van der Waals surface area contributed by atoms with E-state index in [2.05, 4.69) is 41.6 Å². The average Bonchev–Trinajstić information content (AvgIpc) is 2.66. The van der Waals surface area contributed by atoms with Crippen molar-refractivity contribution >= 4 is 28.9 Å². The van der Waals surface area contributed by atoms with Crippen LogP contribution in [-0.4, -0.2) is 17.4 Å². The summed E-state index contributed by atoms with van der Waals surface area (Å²) in [6, 6.07) is 15.6. The monoisotopic (exact) mass is 379 g/mol. The Hall–Kier alpha value is -2.85. The van der Waals surface area contributed by atoms with Crippen LogP contribution in [0.4, 0.5) is 11.4 Å². The minimum absolute atomic E-state index is 0.137. The molecule has 4 nitrogen and oxygen atoms in total. The van der Waals surface area contributed by atoms with Crippen LogP contribution in [0.25, 0.3) is 0 Å². The third kappa shape index (κ3) is 5.08. The molecular weight excluding hydrogens is 358 g/mol. The van der Waals surface area contributed by atoms with Gasteiger partial charge in [-0.05, 0) is 55.2 Å². The first-order chi connectivity index (χ1) is 13.0. The van der Waals surface area contributed by atoms with Crippen molar-refractivity contribution in [2.24, 2.45) is 0 Å². The highest BCUT2D eigenvalue weighted by molar-refractivity contribution is 6.30. The number of hydrogen-bond donors (Lipinski definition) is 2. The van der Waals surface area contributed by atoms with Crippen molar-refractivity contribution in [1.29, 1.82) is 0 Å². The largest absolute Gasteiger partial charge is 0.354 e. The number of aromatic nitrogens is 1. The molecule has 1 heterocycles. The Kier molecular flexibility index (Phi) is 6.09. The second-order valence-electron chi connectivity index (χ2n) is 6.49. The summed E-state index contributed by atoms with van der Waals surface area (Å²) in [5.74, 6) is -0.137. The van der Waals surface area contributed by atoms with Gasteiger partial charge in [-0.3, -0.25) is 9.78 Å². The van der Waals surface area contributed by atoms with E-state index in [0.717, 1.165) is 34.5 Å². The van der Waals surface area contributed by atoms with E-state index in [-0.39, 0.29) is 5.91 Å².